The van der Waals surface area contributed by atoms with E-state index < -0.39 is 0 Å². The number of carbonyl (C=O) groups excluding carboxylic acids is 1. The van der Waals surface area contributed by atoms with Gasteiger partial charge in [0.15, 0.2) is 0 Å². The van der Waals surface area contributed by atoms with Crippen molar-refractivity contribution in [2.75, 3.05) is 0 Å². The molecule has 2 fully saturated rings. The number of nitrogens with zero attached hydrogens (tertiary/aromatic N) is 1. The van der Waals surface area contributed by atoms with Gasteiger partial charge in [-0.15, -0.1) is 0 Å². The van der Waals surface area contributed by atoms with Crippen LogP contribution in [0.3, 0.4) is 0 Å². The molecule has 1 aromatic heterocycles. The predicted octanol–water partition coefficient (Wildman–Crippen LogP) is 3.50. The zero-order chi connectivity index (χ0) is 12.7. The Bertz CT molecular complexity index is 464. The highest BCUT2D eigenvalue weighted by atomic mass is 79.9. The van der Waals surface area contributed by atoms with Crippen LogP contribution in [0.1, 0.15) is 55.6 Å². The summed E-state index contributed by atoms with van der Waals surface area (Å²) in [5.41, 5.74) is 0.812. The average molecular weight is 311 g/mol. The highest BCUT2D eigenvalue weighted by Crippen LogP contribution is 2.38. The van der Waals surface area contributed by atoms with Crippen LogP contribution in [0.15, 0.2) is 16.7 Å². The SMILES string of the molecule is CCCC1CC1NC(=O)c1cc(Br)cn1C1CC1. The molecule has 3 nitrogen and oxygen atoms in total. The fourth-order valence-corrected chi connectivity index (χ4v) is 3.08. The van der Waals surface area contributed by atoms with Gasteiger partial charge in [0.2, 0.25) is 0 Å². The molecule has 0 aliphatic heterocycles. The molecular weight excluding hydrogens is 292 g/mol. The minimum absolute atomic E-state index is 0.0937. The lowest BCUT2D eigenvalue weighted by atomic mass is 10.2. The molecule has 2 atom stereocenters. The van der Waals surface area contributed by atoms with Crippen LogP contribution in [0.4, 0.5) is 0 Å². The normalized spacial score (nSPS) is 26.1. The average Bonchev–Trinajstić information content (AvgIpc) is 3.23. The number of hydrogen-bond acceptors (Lipinski definition) is 1. The van der Waals surface area contributed by atoms with Crippen LogP contribution in [-0.4, -0.2) is 16.5 Å². The van der Waals surface area contributed by atoms with E-state index in [9.17, 15) is 4.79 Å². The summed E-state index contributed by atoms with van der Waals surface area (Å²) in [6, 6.07) is 2.90. The molecule has 2 aliphatic rings. The topological polar surface area (TPSA) is 34.0 Å². The van der Waals surface area contributed by atoms with Crippen molar-refractivity contribution in [1.82, 2.24) is 9.88 Å². The Morgan fingerprint density at radius 1 is 1.56 bits per heavy atom. The molecule has 4 heteroatoms. The molecule has 98 valence electrons. The van der Waals surface area contributed by atoms with Gasteiger partial charge in [-0.25, -0.2) is 0 Å². The second kappa shape index (κ2) is 4.72. The minimum Gasteiger partial charge on any atom is -0.348 e. The fraction of sp³-hybridized carbons (Fsp3) is 0.643. The quantitative estimate of drug-likeness (QED) is 0.887. The zero-order valence-corrected chi connectivity index (χ0v) is 12.2. The van der Waals surface area contributed by atoms with Gasteiger partial charge >= 0.3 is 0 Å². The number of aromatic nitrogens is 1. The molecule has 0 aromatic carbocycles. The Morgan fingerprint density at radius 2 is 2.33 bits per heavy atom. The number of amides is 1. The van der Waals surface area contributed by atoms with Crippen molar-refractivity contribution in [3.8, 4) is 0 Å². The summed E-state index contributed by atoms with van der Waals surface area (Å²) < 4.78 is 3.12. The largest absolute Gasteiger partial charge is 0.348 e. The van der Waals surface area contributed by atoms with Crippen LogP contribution in [0, 0.1) is 5.92 Å². The molecule has 0 saturated heterocycles. The third-order valence-corrected chi connectivity index (χ3v) is 4.32. The monoisotopic (exact) mass is 310 g/mol. The lowest BCUT2D eigenvalue weighted by Crippen LogP contribution is -2.28. The molecule has 0 radical (unpaired) electrons. The maximum Gasteiger partial charge on any atom is 0.268 e. The Kier molecular flexibility index (Phi) is 3.22. The van der Waals surface area contributed by atoms with E-state index in [2.05, 4.69) is 32.7 Å². The minimum atomic E-state index is 0.0937. The number of carbonyl (C=O) groups is 1. The predicted molar refractivity (Wildman–Crippen MR) is 74.7 cm³/mol. The van der Waals surface area contributed by atoms with Crippen molar-refractivity contribution in [3.63, 3.8) is 0 Å². The van der Waals surface area contributed by atoms with Crippen molar-refractivity contribution in [1.29, 1.82) is 0 Å². The number of hydrogen-bond donors (Lipinski definition) is 1. The van der Waals surface area contributed by atoms with Gasteiger partial charge in [0.25, 0.3) is 5.91 Å². The van der Waals surface area contributed by atoms with Gasteiger partial charge in [0.1, 0.15) is 5.69 Å². The fourth-order valence-electron chi connectivity index (χ4n) is 2.64. The Labute approximate surface area is 116 Å². The summed E-state index contributed by atoms with van der Waals surface area (Å²) in [7, 11) is 0. The summed E-state index contributed by atoms with van der Waals surface area (Å²) >= 11 is 3.47. The molecule has 1 aromatic rings. The van der Waals surface area contributed by atoms with E-state index in [1.54, 1.807) is 0 Å². The van der Waals surface area contributed by atoms with Crippen LogP contribution in [0.2, 0.25) is 0 Å². The molecule has 1 amide bonds. The third kappa shape index (κ3) is 2.48. The molecule has 0 bridgehead atoms. The molecule has 2 aliphatic carbocycles. The zero-order valence-electron chi connectivity index (χ0n) is 10.7. The number of rotatable bonds is 5. The smallest absolute Gasteiger partial charge is 0.268 e. The van der Waals surface area contributed by atoms with Crippen molar-refractivity contribution in [3.05, 3.63) is 22.4 Å². The van der Waals surface area contributed by atoms with Crippen LogP contribution < -0.4 is 5.32 Å². The molecule has 18 heavy (non-hydrogen) atoms. The third-order valence-electron chi connectivity index (χ3n) is 3.89. The Hall–Kier alpha value is -0.770. The van der Waals surface area contributed by atoms with Crippen LogP contribution in [-0.2, 0) is 0 Å². The van der Waals surface area contributed by atoms with Crippen molar-refractivity contribution in [2.45, 2.75) is 51.1 Å². The van der Waals surface area contributed by atoms with Gasteiger partial charge in [0, 0.05) is 22.8 Å². The van der Waals surface area contributed by atoms with Gasteiger partial charge in [-0.3, -0.25) is 4.79 Å². The summed E-state index contributed by atoms with van der Waals surface area (Å²) in [6.07, 6.45) is 8.03. The lowest BCUT2D eigenvalue weighted by Gasteiger charge is -2.08. The van der Waals surface area contributed by atoms with Crippen molar-refractivity contribution < 1.29 is 4.79 Å². The van der Waals surface area contributed by atoms with E-state index in [0.717, 1.165) is 16.6 Å². The molecule has 0 spiro atoms. The highest BCUT2D eigenvalue weighted by molar-refractivity contribution is 9.10. The van der Waals surface area contributed by atoms with Crippen LogP contribution >= 0.6 is 15.9 Å². The summed E-state index contributed by atoms with van der Waals surface area (Å²) in [6.45, 7) is 2.20. The molecule has 3 rings (SSSR count). The van der Waals surface area contributed by atoms with E-state index in [-0.39, 0.29) is 5.91 Å². The first-order chi connectivity index (χ1) is 8.69. The van der Waals surface area contributed by atoms with Gasteiger partial charge in [0.05, 0.1) is 0 Å². The first kappa shape index (κ1) is 12.3. The summed E-state index contributed by atoms with van der Waals surface area (Å²) in [5, 5.41) is 3.16. The summed E-state index contributed by atoms with van der Waals surface area (Å²) in [4.78, 5) is 12.3. The van der Waals surface area contributed by atoms with E-state index >= 15 is 0 Å². The van der Waals surface area contributed by atoms with Crippen LogP contribution in [0.5, 0.6) is 0 Å². The van der Waals surface area contributed by atoms with Crippen LogP contribution in [0.25, 0.3) is 0 Å². The summed E-state index contributed by atoms with van der Waals surface area (Å²) in [5.74, 6) is 0.808. The van der Waals surface area contributed by atoms with Gasteiger partial charge < -0.3 is 9.88 Å². The van der Waals surface area contributed by atoms with E-state index in [1.165, 1.54) is 25.7 Å². The van der Waals surface area contributed by atoms with E-state index in [4.69, 9.17) is 0 Å². The molecular formula is C14H19BrN2O. The maximum absolute atomic E-state index is 12.3. The molecule has 1 heterocycles. The second-order valence-electron chi connectivity index (χ2n) is 5.55. The van der Waals surface area contributed by atoms with E-state index in [1.807, 2.05) is 12.3 Å². The van der Waals surface area contributed by atoms with Gasteiger partial charge in [-0.05, 0) is 53.6 Å². The molecule has 2 saturated carbocycles. The first-order valence-corrected chi connectivity index (χ1v) is 7.66. The Balaban J connectivity index is 1.65. The second-order valence-corrected chi connectivity index (χ2v) is 6.46. The van der Waals surface area contributed by atoms with Gasteiger partial charge in [-0.2, -0.15) is 0 Å². The first-order valence-electron chi connectivity index (χ1n) is 6.87. The number of halogens is 1. The van der Waals surface area contributed by atoms with E-state index in [0.29, 0.717) is 18.0 Å². The highest BCUT2D eigenvalue weighted by Gasteiger charge is 2.38. The van der Waals surface area contributed by atoms with Crippen molar-refractivity contribution in [2.24, 2.45) is 5.92 Å². The Morgan fingerprint density at radius 3 is 3.00 bits per heavy atom. The standard InChI is InChI=1S/C14H19BrN2O/c1-2-3-9-6-12(9)16-14(18)13-7-10(15)8-17(13)11-4-5-11/h7-9,11-12H,2-6H2,1H3,(H,16,18). The lowest BCUT2D eigenvalue weighted by molar-refractivity contribution is 0.0939. The molecule has 1 N–H and O–H groups in total. The van der Waals surface area contributed by atoms with Gasteiger partial charge in [-0.1, -0.05) is 13.3 Å². The maximum atomic E-state index is 12.3. The molecule has 2 unspecified atom stereocenters. The number of nitrogens with one attached hydrogen (secondary N) is 1. The van der Waals surface area contributed by atoms with Crippen molar-refractivity contribution >= 4 is 21.8 Å².